The molecule has 2 N–H and O–H groups in total. The summed E-state index contributed by atoms with van der Waals surface area (Å²) >= 11 is 0. The molecule has 1 atom stereocenters. The molecule has 1 saturated heterocycles. The molecule has 1 fully saturated rings. The first-order valence-electron chi connectivity index (χ1n) is 4.06. The summed E-state index contributed by atoms with van der Waals surface area (Å²) in [6.45, 7) is 0.828. The van der Waals surface area contributed by atoms with E-state index in [1.807, 2.05) is 6.07 Å². The van der Waals surface area contributed by atoms with Gasteiger partial charge in [-0.3, -0.25) is 0 Å². The summed E-state index contributed by atoms with van der Waals surface area (Å²) in [4.78, 5) is 7.92. The Labute approximate surface area is 70.8 Å². The molecule has 2 rings (SSSR count). The van der Waals surface area contributed by atoms with Crippen LogP contribution in [-0.2, 0) is 4.74 Å². The lowest BCUT2D eigenvalue weighted by atomic mass is 10.2. The first-order chi connectivity index (χ1) is 5.86. The predicted octanol–water partition coefficient (Wildman–Crippen LogP) is 0.910. The summed E-state index contributed by atoms with van der Waals surface area (Å²) in [5.41, 5.74) is 6.35. The van der Waals surface area contributed by atoms with Gasteiger partial charge in [0.1, 0.15) is 0 Å². The predicted molar refractivity (Wildman–Crippen MR) is 44.4 cm³/mol. The average molecular weight is 165 g/mol. The molecule has 4 nitrogen and oxygen atoms in total. The normalized spacial score (nSPS) is 22.8. The second-order valence-electron chi connectivity index (χ2n) is 2.84. The van der Waals surface area contributed by atoms with Gasteiger partial charge in [-0.1, -0.05) is 0 Å². The van der Waals surface area contributed by atoms with Crippen LogP contribution in [0.25, 0.3) is 0 Å². The van der Waals surface area contributed by atoms with Gasteiger partial charge in [0.25, 0.3) is 0 Å². The average Bonchev–Trinajstić information content (AvgIpc) is 2.56. The number of nitrogens with zero attached hydrogens (tertiary/aromatic N) is 2. The van der Waals surface area contributed by atoms with Gasteiger partial charge in [0, 0.05) is 12.8 Å². The molecule has 0 radical (unpaired) electrons. The van der Waals surface area contributed by atoms with Gasteiger partial charge in [0.2, 0.25) is 5.95 Å². The molecular formula is C8H11N3O. The molecule has 1 unspecified atom stereocenters. The van der Waals surface area contributed by atoms with E-state index in [9.17, 15) is 0 Å². The summed E-state index contributed by atoms with van der Waals surface area (Å²) in [7, 11) is 0. The Hall–Kier alpha value is -1.16. The zero-order valence-electron chi connectivity index (χ0n) is 6.73. The van der Waals surface area contributed by atoms with Crippen LogP contribution >= 0.6 is 0 Å². The third kappa shape index (κ3) is 1.38. The maximum absolute atomic E-state index is 5.45. The zero-order chi connectivity index (χ0) is 8.39. The van der Waals surface area contributed by atoms with E-state index < -0.39 is 0 Å². The van der Waals surface area contributed by atoms with Crippen LogP contribution in [0.5, 0.6) is 0 Å². The monoisotopic (exact) mass is 165 g/mol. The number of nitrogen functional groups attached to an aromatic ring is 1. The lowest BCUT2D eigenvalue weighted by Crippen LogP contribution is -2.02. The highest BCUT2D eigenvalue weighted by Gasteiger charge is 2.18. The van der Waals surface area contributed by atoms with E-state index >= 15 is 0 Å². The highest BCUT2D eigenvalue weighted by atomic mass is 16.5. The van der Waals surface area contributed by atoms with Crippen LogP contribution in [0.3, 0.4) is 0 Å². The number of nitrogens with two attached hydrogens (primary N) is 1. The largest absolute Gasteiger partial charge is 0.372 e. The summed E-state index contributed by atoms with van der Waals surface area (Å²) in [6, 6.07) is 1.85. The van der Waals surface area contributed by atoms with Crippen molar-refractivity contribution in [2.24, 2.45) is 0 Å². The van der Waals surface area contributed by atoms with Crippen LogP contribution in [0.4, 0.5) is 5.95 Å². The number of hydrogen-bond donors (Lipinski definition) is 1. The van der Waals surface area contributed by atoms with Crippen molar-refractivity contribution in [3.05, 3.63) is 18.0 Å². The van der Waals surface area contributed by atoms with Gasteiger partial charge < -0.3 is 10.5 Å². The van der Waals surface area contributed by atoms with Crippen LogP contribution in [0.1, 0.15) is 24.6 Å². The molecule has 4 heteroatoms. The molecule has 1 aliphatic heterocycles. The van der Waals surface area contributed by atoms with Gasteiger partial charge in [-0.25, -0.2) is 9.97 Å². The summed E-state index contributed by atoms with van der Waals surface area (Å²) in [5, 5.41) is 0. The van der Waals surface area contributed by atoms with Crippen molar-refractivity contribution in [2.45, 2.75) is 18.9 Å². The Morgan fingerprint density at radius 2 is 2.50 bits per heavy atom. The van der Waals surface area contributed by atoms with Crippen LogP contribution in [0.15, 0.2) is 12.3 Å². The molecular weight excluding hydrogens is 154 g/mol. The van der Waals surface area contributed by atoms with Crippen molar-refractivity contribution in [2.75, 3.05) is 12.3 Å². The van der Waals surface area contributed by atoms with Gasteiger partial charge in [0.05, 0.1) is 11.8 Å². The number of anilines is 1. The third-order valence-corrected chi connectivity index (χ3v) is 1.96. The number of hydrogen-bond acceptors (Lipinski definition) is 4. The van der Waals surface area contributed by atoms with Gasteiger partial charge in [-0.05, 0) is 18.9 Å². The highest BCUT2D eigenvalue weighted by molar-refractivity contribution is 5.18. The van der Waals surface area contributed by atoms with E-state index in [1.165, 1.54) is 0 Å². The lowest BCUT2D eigenvalue weighted by Gasteiger charge is -2.07. The lowest BCUT2D eigenvalue weighted by molar-refractivity contribution is 0.108. The molecule has 64 valence electrons. The molecule has 2 heterocycles. The summed E-state index contributed by atoms with van der Waals surface area (Å²) in [5.74, 6) is 0.322. The fourth-order valence-electron chi connectivity index (χ4n) is 1.38. The van der Waals surface area contributed by atoms with Gasteiger partial charge in [0.15, 0.2) is 0 Å². The van der Waals surface area contributed by atoms with E-state index in [2.05, 4.69) is 9.97 Å². The number of aromatic nitrogens is 2. The molecule has 0 amide bonds. The minimum Gasteiger partial charge on any atom is -0.372 e. The summed E-state index contributed by atoms with van der Waals surface area (Å²) in [6.07, 6.45) is 3.94. The zero-order valence-corrected chi connectivity index (χ0v) is 6.73. The molecule has 1 aromatic heterocycles. The first-order valence-corrected chi connectivity index (χ1v) is 4.06. The Morgan fingerprint density at radius 3 is 3.17 bits per heavy atom. The second kappa shape index (κ2) is 3.06. The topological polar surface area (TPSA) is 61.0 Å². The number of rotatable bonds is 1. The molecule has 12 heavy (non-hydrogen) atoms. The maximum atomic E-state index is 5.45. The van der Waals surface area contributed by atoms with E-state index in [4.69, 9.17) is 10.5 Å². The maximum Gasteiger partial charge on any atom is 0.220 e. The van der Waals surface area contributed by atoms with Gasteiger partial charge in [-0.2, -0.15) is 0 Å². The molecule has 0 aliphatic carbocycles. The van der Waals surface area contributed by atoms with Gasteiger partial charge >= 0.3 is 0 Å². The SMILES string of the molecule is Nc1nccc(C2CCCO2)n1. The Bertz CT molecular complexity index is 271. The minimum atomic E-state index is 0.135. The molecule has 0 aromatic carbocycles. The fourth-order valence-corrected chi connectivity index (χ4v) is 1.38. The van der Waals surface area contributed by atoms with Crippen LogP contribution in [0.2, 0.25) is 0 Å². The van der Waals surface area contributed by atoms with E-state index in [1.54, 1.807) is 6.20 Å². The van der Waals surface area contributed by atoms with Crippen molar-refractivity contribution >= 4 is 5.95 Å². The Morgan fingerprint density at radius 1 is 1.58 bits per heavy atom. The third-order valence-electron chi connectivity index (χ3n) is 1.96. The number of ether oxygens (including phenoxy) is 1. The second-order valence-corrected chi connectivity index (χ2v) is 2.84. The smallest absolute Gasteiger partial charge is 0.220 e. The molecule has 0 spiro atoms. The van der Waals surface area contributed by atoms with E-state index in [-0.39, 0.29) is 6.10 Å². The molecule has 1 aliphatic rings. The van der Waals surface area contributed by atoms with Crippen LogP contribution in [0, 0.1) is 0 Å². The van der Waals surface area contributed by atoms with Crippen LogP contribution in [-0.4, -0.2) is 16.6 Å². The standard InChI is InChI=1S/C8H11N3O/c9-8-10-4-3-6(11-8)7-2-1-5-12-7/h3-4,7H,1-2,5H2,(H2,9,10,11). The summed E-state index contributed by atoms with van der Waals surface area (Å²) < 4.78 is 5.45. The quantitative estimate of drug-likeness (QED) is 0.671. The van der Waals surface area contributed by atoms with E-state index in [0.29, 0.717) is 5.95 Å². The van der Waals surface area contributed by atoms with Crippen molar-refractivity contribution in [3.63, 3.8) is 0 Å². The van der Waals surface area contributed by atoms with E-state index in [0.717, 1.165) is 25.1 Å². The van der Waals surface area contributed by atoms with Crippen molar-refractivity contribution in [1.29, 1.82) is 0 Å². The van der Waals surface area contributed by atoms with Crippen molar-refractivity contribution < 1.29 is 4.74 Å². The fraction of sp³-hybridized carbons (Fsp3) is 0.500. The Balaban J connectivity index is 2.21. The first kappa shape index (κ1) is 7.49. The molecule has 0 bridgehead atoms. The Kier molecular flexibility index (Phi) is 1.91. The van der Waals surface area contributed by atoms with Crippen LogP contribution < -0.4 is 5.73 Å². The van der Waals surface area contributed by atoms with Crippen molar-refractivity contribution in [1.82, 2.24) is 9.97 Å². The van der Waals surface area contributed by atoms with Gasteiger partial charge in [-0.15, -0.1) is 0 Å². The minimum absolute atomic E-state index is 0.135. The highest BCUT2D eigenvalue weighted by Crippen LogP contribution is 2.26. The van der Waals surface area contributed by atoms with Crippen molar-refractivity contribution in [3.8, 4) is 0 Å². The molecule has 0 saturated carbocycles. The molecule has 1 aromatic rings.